The maximum Gasteiger partial charge on any atom is 0.492 e. The van der Waals surface area contributed by atoms with Crippen LogP contribution in [0.4, 0.5) is 19.0 Å². The van der Waals surface area contributed by atoms with E-state index in [4.69, 9.17) is 5.73 Å². The van der Waals surface area contributed by atoms with E-state index in [1.165, 1.54) is 35.7 Å². The van der Waals surface area contributed by atoms with Crippen LogP contribution in [-0.2, 0) is 19.7 Å². The van der Waals surface area contributed by atoms with Crippen molar-refractivity contribution >= 4 is 33.1 Å². The quantitative estimate of drug-likeness (QED) is 0.422. The maximum absolute atomic E-state index is 13.8. The van der Waals surface area contributed by atoms with Gasteiger partial charge in [-0.1, -0.05) is 6.07 Å². The van der Waals surface area contributed by atoms with Crippen molar-refractivity contribution in [1.82, 2.24) is 19.4 Å². The van der Waals surface area contributed by atoms with Gasteiger partial charge in [0.15, 0.2) is 5.82 Å². The molecule has 0 atom stereocenters. The monoisotopic (exact) mass is 578 g/mol. The van der Waals surface area contributed by atoms with Gasteiger partial charge in [0.25, 0.3) is 10.0 Å². The molecule has 0 spiro atoms. The number of hydrogen-bond donors (Lipinski definition) is 1. The number of carbonyl (C=O) groups is 1. The minimum atomic E-state index is -5.43. The summed E-state index contributed by atoms with van der Waals surface area (Å²) in [4.78, 5) is 29.5. The molecule has 0 amide bonds. The number of nitrogens with zero attached hydrogens (tertiary/aromatic N) is 5. The van der Waals surface area contributed by atoms with Crippen LogP contribution in [0.2, 0.25) is 0 Å². The number of nitrogens with two attached hydrogens (primary N) is 1. The summed E-state index contributed by atoms with van der Waals surface area (Å²) >= 11 is 1.34. The fourth-order valence-corrected chi connectivity index (χ4v) is 7.60. The standard InChI is InChI=1S/C24H21F3N6O4S2/c1-13-3-4-15(7-16(13)17-8-31-20(29)19(32-17)18-9-30-14(2)38-18)39(35,36)33(37-21(34)24(25,26)27)23-6-5-22(10-23,11-23)12-28/h3-4,7-9H,5-6,10-11H2,1-2H3,(H2,29,31). The molecule has 3 aliphatic carbocycles. The van der Waals surface area contributed by atoms with Gasteiger partial charge in [0.1, 0.15) is 5.69 Å². The Morgan fingerprint density at radius 3 is 2.51 bits per heavy atom. The van der Waals surface area contributed by atoms with Gasteiger partial charge in [-0.2, -0.15) is 18.4 Å². The first-order valence-corrected chi connectivity index (χ1v) is 13.9. The predicted molar refractivity (Wildman–Crippen MR) is 133 cm³/mol. The molecule has 2 bridgehead atoms. The highest BCUT2D eigenvalue weighted by atomic mass is 32.2. The van der Waals surface area contributed by atoms with Gasteiger partial charge in [-0.15, -0.1) is 11.3 Å². The van der Waals surface area contributed by atoms with Crippen LogP contribution in [0, 0.1) is 30.6 Å². The molecular weight excluding hydrogens is 557 g/mol. The Labute approximate surface area is 225 Å². The summed E-state index contributed by atoms with van der Waals surface area (Å²) in [5, 5.41) is 10.3. The van der Waals surface area contributed by atoms with Crippen molar-refractivity contribution in [2.45, 2.75) is 56.1 Å². The number of fused-ring (bicyclic) bond motifs is 1. The molecule has 15 heteroatoms. The summed E-state index contributed by atoms with van der Waals surface area (Å²) in [6, 6.07) is 6.03. The van der Waals surface area contributed by atoms with E-state index in [9.17, 15) is 31.6 Å². The van der Waals surface area contributed by atoms with Gasteiger partial charge < -0.3 is 10.6 Å². The number of aryl methyl sites for hydroxylation is 2. The van der Waals surface area contributed by atoms with Gasteiger partial charge >= 0.3 is 12.1 Å². The molecule has 39 heavy (non-hydrogen) atoms. The first-order valence-electron chi connectivity index (χ1n) is 11.6. The van der Waals surface area contributed by atoms with Crippen LogP contribution >= 0.6 is 11.3 Å². The van der Waals surface area contributed by atoms with E-state index in [-0.39, 0.29) is 41.7 Å². The first kappa shape index (κ1) is 27.0. The second kappa shape index (κ2) is 8.97. The summed E-state index contributed by atoms with van der Waals surface area (Å²) in [7, 11) is -4.81. The summed E-state index contributed by atoms with van der Waals surface area (Å²) in [5.41, 5.74) is 5.26. The third-order valence-corrected chi connectivity index (χ3v) is 9.75. The third-order valence-electron chi connectivity index (χ3n) is 7.08. The zero-order valence-corrected chi connectivity index (χ0v) is 22.2. The summed E-state index contributed by atoms with van der Waals surface area (Å²) in [6.45, 7) is 3.51. The Morgan fingerprint density at radius 1 is 1.21 bits per heavy atom. The van der Waals surface area contributed by atoms with Crippen molar-refractivity contribution in [2.75, 3.05) is 5.73 Å². The minimum Gasteiger partial charge on any atom is -0.382 e. The van der Waals surface area contributed by atoms with E-state index in [2.05, 4.69) is 25.9 Å². The molecule has 10 nitrogen and oxygen atoms in total. The highest BCUT2D eigenvalue weighted by Crippen LogP contribution is 2.64. The molecule has 0 unspecified atom stereocenters. The highest BCUT2D eigenvalue weighted by molar-refractivity contribution is 7.89. The van der Waals surface area contributed by atoms with Crippen LogP contribution in [0.25, 0.3) is 21.8 Å². The lowest BCUT2D eigenvalue weighted by Crippen LogP contribution is -2.58. The van der Waals surface area contributed by atoms with Crippen LogP contribution < -0.4 is 5.73 Å². The Hall–Kier alpha value is -3.61. The largest absolute Gasteiger partial charge is 0.492 e. The molecule has 2 N–H and O–H groups in total. The number of benzene rings is 1. The maximum atomic E-state index is 13.8. The molecule has 2 aromatic heterocycles. The average Bonchev–Trinajstić information content (AvgIpc) is 3.56. The van der Waals surface area contributed by atoms with E-state index in [0.29, 0.717) is 21.7 Å². The number of thiazole rings is 1. The van der Waals surface area contributed by atoms with Crippen molar-refractivity contribution in [2.24, 2.45) is 5.41 Å². The number of anilines is 1. The van der Waals surface area contributed by atoms with E-state index < -0.39 is 38.0 Å². The van der Waals surface area contributed by atoms with E-state index >= 15 is 0 Å². The molecule has 0 aliphatic heterocycles. The topological polar surface area (TPSA) is 152 Å². The normalized spacial score (nSPS) is 22.4. The van der Waals surface area contributed by atoms with E-state index in [1.807, 2.05) is 6.92 Å². The summed E-state index contributed by atoms with van der Waals surface area (Å²) in [5.74, 6) is -2.52. The van der Waals surface area contributed by atoms with E-state index in [0.717, 1.165) is 5.01 Å². The molecule has 3 fully saturated rings. The van der Waals surface area contributed by atoms with Crippen LogP contribution in [0.15, 0.2) is 35.5 Å². The number of carbonyl (C=O) groups excluding carboxylic acids is 1. The van der Waals surface area contributed by atoms with Crippen molar-refractivity contribution in [3.63, 3.8) is 0 Å². The van der Waals surface area contributed by atoms with Crippen molar-refractivity contribution in [3.8, 4) is 27.9 Å². The van der Waals surface area contributed by atoms with E-state index in [1.54, 1.807) is 13.1 Å². The van der Waals surface area contributed by atoms with Gasteiger partial charge in [0.2, 0.25) is 0 Å². The lowest BCUT2D eigenvalue weighted by molar-refractivity contribution is -0.241. The second-order valence-corrected chi connectivity index (χ2v) is 12.8. The summed E-state index contributed by atoms with van der Waals surface area (Å²) < 4.78 is 67.1. The third kappa shape index (κ3) is 4.52. The highest BCUT2D eigenvalue weighted by Gasteiger charge is 2.68. The number of hydroxylamine groups is 1. The number of aromatic nitrogens is 3. The smallest absolute Gasteiger partial charge is 0.382 e. The fourth-order valence-electron chi connectivity index (χ4n) is 5.23. The summed E-state index contributed by atoms with van der Waals surface area (Å²) in [6.07, 6.45) is -2.21. The lowest BCUT2D eigenvalue weighted by atomic mass is 9.66. The van der Waals surface area contributed by atoms with Crippen LogP contribution in [0.1, 0.15) is 36.3 Å². The van der Waals surface area contributed by atoms with Crippen LogP contribution in [-0.4, -0.2) is 45.5 Å². The number of halogens is 3. The van der Waals surface area contributed by atoms with Crippen molar-refractivity contribution in [1.29, 1.82) is 5.26 Å². The SMILES string of the molecule is Cc1ncc(-c2nc(-c3cc(S(=O)(=O)N(OC(=O)C(F)(F)F)C45CCC(C#N)(C4)C5)ccc3C)cnc2N)s1. The Bertz CT molecular complexity index is 1640. The number of rotatable bonds is 6. The molecule has 1 aromatic carbocycles. The average molecular weight is 579 g/mol. The molecule has 3 aliphatic rings. The first-order chi connectivity index (χ1) is 18.2. The second-order valence-electron chi connectivity index (χ2n) is 9.79. The van der Waals surface area contributed by atoms with Gasteiger partial charge in [-0.05, 0) is 61.7 Å². The Balaban J connectivity index is 1.57. The molecular formula is C24H21F3N6O4S2. The molecule has 3 saturated carbocycles. The number of hydrogen-bond acceptors (Lipinski definition) is 10. The van der Waals surface area contributed by atoms with Gasteiger partial charge in [-0.3, -0.25) is 0 Å². The number of nitrogen functional groups attached to an aromatic ring is 1. The number of alkyl halides is 3. The predicted octanol–water partition coefficient (Wildman–Crippen LogP) is 4.31. The van der Waals surface area contributed by atoms with Crippen LogP contribution in [0.5, 0.6) is 0 Å². The zero-order valence-electron chi connectivity index (χ0n) is 20.6. The minimum absolute atomic E-state index is 0.0410. The zero-order chi connectivity index (χ0) is 28.4. The molecule has 6 rings (SSSR count). The van der Waals surface area contributed by atoms with Crippen molar-refractivity contribution < 1.29 is 31.2 Å². The van der Waals surface area contributed by atoms with Gasteiger partial charge in [-0.25, -0.2) is 28.2 Å². The molecule has 204 valence electrons. The Morgan fingerprint density at radius 2 is 1.92 bits per heavy atom. The number of nitriles is 1. The lowest BCUT2D eigenvalue weighted by Gasteiger charge is -2.47. The molecule has 3 aromatic rings. The van der Waals surface area contributed by atoms with Gasteiger partial charge in [0.05, 0.1) is 43.7 Å². The Kier molecular flexibility index (Phi) is 6.20. The number of sulfonamides is 1. The molecule has 0 saturated heterocycles. The molecule has 2 heterocycles. The van der Waals surface area contributed by atoms with Gasteiger partial charge in [0, 0.05) is 11.8 Å². The molecule has 0 radical (unpaired) electrons. The van der Waals surface area contributed by atoms with Crippen molar-refractivity contribution in [3.05, 3.63) is 41.2 Å². The fraction of sp³-hybridized carbons (Fsp3) is 0.375. The van der Waals surface area contributed by atoms with Crippen LogP contribution in [0.3, 0.4) is 0 Å².